The van der Waals surface area contributed by atoms with Crippen molar-refractivity contribution in [1.82, 2.24) is 0 Å². The van der Waals surface area contributed by atoms with Crippen molar-refractivity contribution in [3.63, 3.8) is 0 Å². The first-order chi connectivity index (χ1) is 6.52. The van der Waals surface area contributed by atoms with Gasteiger partial charge in [0.05, 0.1) is 7.11 Å². The number of nitro groups is 1. The fourth-order valence-corrected chi connectivity index (χ4v) is 1.35. The van der Waals surface area contributed by atoms with E-state index in [1.54, 1.807) is 6.92 Å². The Labute approximate surface area is 82.9 Å². The van der Waals surface area contributed by atoms with Crippen molar-refractivity contribution in [2.45, 2.75) is 19.8 Å². The van der Waals surface area contributed by atoms with Crippen LogP contribution in [0.15, 0.2) is 12.7 Å². The molecule has 0 saturated heterocycles. The quantitative estimate of drug-likeness (QED) is 0.282. The molecule has 0 aromatic carbocycles. The van der Waals surface area contributed by atoms with Crippen LogP contribution in [0.5, 0.6) is 0 Å². The summed E-state index contributed by atoms with van der Waals surface area (Å²) in [7, 11) is 1.23. The van der Waals surface area contributed by atoms with E-state index in [1.807, 2.05) is 0 Å². The lowest BCUT2D eigenvalue weighted by Crippen LogP contribution is -2.38. The molecule has 0 saturated carbocycles. The van der Waals surface area contributed by atoms with Crippen molar-refractivity contribution in [3.8, 4) is 0 Å². The summed E-state index contributed by atoms with van der Waals surface area (Å²) in [5.74, 6) is -0.545. The zero-order valence-electron chi connectivity index (χ0n) is 8.49. The molecular weight excluding hydrogens is 186 g/mol. The number of nitrogens with zero attached hydrogens (tertiary/aromatic N) is 1. The SMILES string of the molecule is C=CCC(CC)(C[N+](=O)[O-])C(=O)OC. The molecule has 1 unspecified atom stereocenters. The van der Waals surface area contributed by atoms with Gasteiger partial charge in [-0.2, -0.15) is 0 Å². The molecule has 0 heterocycles. The normalized spacial score (nSPS) is 14.1. The molecule has 80 valence electrons. The Hall–Kier alpha value is -1.39. The van der Waals surface area contributed by atoms with Crippen LogP contribution in [-0.2, 0) is 9.53 Å². The van der Waals surface area contributed by atoms with Crippen LogP contribution >= 0.6 is 0 Å². The van der Waals surface area contributed by atoms with E-state index < -0.39 is 22.9 Å². The van der Waals surface area contributed by atoms with Gasteiger partial charge >= 0.3 is 5.97 Å². The van der Waals surface area contributed by atoms with E-state index in [-0.39, 0.29) is 6.42 Å². The number of carbonyl (C=O) groups is 1. The molecule has 0 radical (unpaired) electrons. The third-order valence-corrected chi connectivity index (χ3v) is 2.26. The van der Waals surface area contributed by atoms with Gasteiger partial charge in [-0.05, 0) is 12.8 Å². The van der Waals surface area contributed by atoms with Crippen LogP contribution < -0.4 is 0 Å². The number of ether oxygens (including phenoxy) is 1. The molecule has 0 aliphatic carbocycles. The number of allylic oxidation sites excluding steroid dienone is 1. The standard InChI is InChI=1S/C9H15NO4/c1-4-6-9(5-2,7-10(12)13)8(11)14-3/h4H,1,5-7H2,2-3H3. The Morgan fingerprint density at radius 3 is 2.57 bits per heavy atom. The zero-order valence-corrected chi connectivity index (χ0v) is 8.49. The van der Waals surface area contributed by atoms with Crippen LogP contribution in [0.25, 0.3) is 0 Å². The number of carbonyl (C=O) groups excluding carboxylic acids is 1. The number of esters is 1. The van der Waals surface area contributed by atoms with Crippen LogP contribution in [0.2, 0.25) is 0 Å². The first kappa shape index (κ1) is 12.6. The van der Waals surface area contributed by atoms with E-state index in [0.717, 1.165) is 0 Å². The van der Waals surface area contributed by atoms with Crippen molar-refractivity contribution in [3.05, 3.63) is 22.8 Å². The zero-order chi connectivity index (χ0) is 11.2. The molecule has 0 aliphatic rings. The minimum absolute atomic E-state index is 0.261. The highest BCUT2D eigenvalue weighted by atomic mass is 16.6. The molecule has 0 aliphatic heterocycles. The summed E-state index contributed by atoms with van der Waals surface area (Å²) >= 11 is 0. The summed E-state index contributed by atoms with van der Waals surface area (Å²) in [6.45, 7) is 4.80. The van der Waals surface area contributed by atoms with Crippen LogP contribution in [0.3, 0.4) is 0 Å². The lowest BCUT2D eigenvalue weighted by atomic mass is 9.82. The van der Waals surface area contributed by atoms with Crippen molar-refractivity contribution < 1.29 is 14.5 Å². The lowest BCUT2D eigenvalue weighted by molar-refractivity contribution is -0.494. The van der Waals surface area contributed by atoms with E-state index in [9.17, 15) is 14.9 Å². The topological polar surface area (TPSA) is 69.4 Å². The fourth-order valence-electron chi connectivity index (χ4n) is 1.35. The summed E-state index contributed by atoms with van der Waals surface area (Å²) in [5, 5.41) is 10.4. The highest BCUT2D eigenvalue weighted by Crippen LogP contribution is 2.28. The molecule has 0 spiro atoms. The molecule has 0 amide bonds. The van der Waals surface area contributed by atoms with E-state index in [0.29, 0.717) is 6.42 Å². The maximum atomic E-state index is 11.4. The first-order valence-electron chi connectivity index (χ1n) is 4.33. The van der Waals surface area contributed by atoms with E-state index in [2.05, 4.69) is 11.3 Å². The average molecular weight is 201 g/mol. The summed E-state index contributed by atoms with van der Waals surface area (Å²) in [6.07, 6.45) is 2.13. The summed E-state index contributed by atoms with van der Waals surface area (Å²) in [6, 6.07) is 0. The van der Waals surface area contributed by atoms with E-state index >= 15 is 0 Å². The van der Waals surface area contributed by atoms with Crippen LogP contribution in [0.4, 0.5) is 0 Å². The van der Waals surface area contributed by atoms with Crippen molar-refractivity contribution in [2.24, 2.45) is 5.41 Å². The van der Waals surface area contributed by atoms with Gasteiger partial charge in [0.2, 0.25) is 6.54 Å². The van der Waals surface area contributed by atoms with Crippen molar-refractivity contribution in [2.75, 3.05) is 13.7 Å². The summed E-state index contributed by atoms with van der Waals surface area (Å²) < 4.78 is 4.57. The lowest BCUT2D eigenvalue weighted by Gasteiger charge is -2.23. The highest BCUT2D eigenvalue weighted by molar-refractivity contribution is 5.77. The Morgan fingerprint density at radius 2 is 2.29 bits per heavy atom. The highest BCUT2D eigenvalue weighted by Gasteiger charge is 2.41. The maximum absolute atomic E-state index is 11.4. The van der Waals surface area contributed by atoms with Gasteiger partial charge in [0.15, 0.2) is 0 Å². The minimum atomic E-state index is -1.06. The molecule has 0 fully saturated rings. The third-order valence-electron chi connectivity index (χ3n) is 2.26. The molecule has 5 nitrogen and oxygen atoms in total. The monoisotopic (exact) mass is 201 g/mol. The van der Waals surface area contributed by atoms with Crippen LogP contribution in [0.1, 0.15) is 19.8 Å². The minimum Gasteiger partial charge on any atom is -0.468 e. The Bertz CT molecular complexity index is 239. The number of hydrogen-bond acceptors (Lipinski definition) is 4. The van der Waals surface area contributed by atoms with Gasteiger partial charge in [0, 0.05) is 4.92 Å². The number of hydrogen-bond donors (Lipinski definition) is 0. The summed E-state index contributed by atoms with van der Waals surface area (Å²) in [5.41, 5.74) is -1.06. The third kappa shape index (κ3) is 2.83. The second-order valence-corrected chi connectivity index (χ2v) is 3.11. The average Bonchev–Trinajstić information content (AvgIpc) is 2.15. The molecule has 0 bridgehead atoms. The van der Waals surface area contributed by atoms with Gasteiger partial charge in [0.25, 0.3) is 0 Å². The Morgan fingerprint density at radius 1 is 1.71 bits per heavy atom. The van der Waals surface area contributed by atoms with Gasteiger partial charge in [-0.3, -0.25) is 14.9 Å². The molecule has 14 heavy (non-hydrogen) atoms. The predicted octanol–water partition coefficient (Wildman–Crippen LogP) is 1.41. The number of rotatable bonds is 6. The molecule has 0 rings (SSSR count). The second-order valence-electron chi connectivity index (χ2n) is 3.11. The van der Waals surface area contributed by atoms with Gasteiger partial charge in [-0.1, -0.05) is 13.0 Å². The van der Waals surface area contributed by atoms with Gasteiger partial charge < -0.3 is 4.74 Å². The van der Waals surface area contributed by atoms with E-state index in [4.69, 9.17) is 0 Å². The Kier molecular flexibility index (Phi) is 4.83. The molecular formula is C9H15NO4. The molecule has 5 heteroatoms. The molecule has 0 N–H and O–H groups in total. The second kappa shape index (κ2) is 5.36. The van der Waals surface area contributed by atoms with E-state index in [1.165, 1.54) is 13.2 Å². The number of methoxy groups -OCH3 is 1. The largest absolute Gasteiger partial charge is 0.468 e. The Balaban J connectivity index is 4.85. The van der Waals surface area contributed by atoms with Crippen LogP contribution in [0, 0.1) is 15.5 Å². The maximum Gasteiger partial charge on any atom is 0.318 e. The van der Waals surface area contributed by atoms with Crippen molar-refractivity contribution >= 4 is 5.97 Å². The van der Waals surface area contributed by atoms with Crippen molar-refractivity contribution in [1.29, 1.82) is 0 Å². The van der Waals surface area contributed by atoms with Gasteiger partial charge in [-0.25, -0.2) is 0 Å². The molecule has 0 aromatic heterocycles. The van der Waals surface area contributed by atoms with Crippen LogP contribution in [-0.4, -0.2) is 24.5 Å². The smallest absolute Gasteiger partial charge is 0.318 e. The molecule has 1 atom stereocenters. The fraction of sp³-hybridized carbons (Fsp3) is 0.667. The first-order valence-corrected chi connectivity index (χ1v) is 4.33. The molecule has 0 aromatic rings. The summed E-state index contributed by atoms with van der Waals surface area (Å²) in [4.78, 5) is 21.4. The predicted molar refractivity (Wildman–Crippen MR) is 51.4 cm³/mol. The van der Waals surface area contributed by atoms with Gasteiger partial charge in [-0.15, -0.1) is 6.58 Å². The van der Waals surface area contributed by atoms with Gasteiger partial charge in [0.1, 0.15) is 5.41 Å².